The zero-order chi connectivity index (χ0) is 27.8. The predicted molar refractivity (Wildman–Crippen MR) is 144 cm³/mol. The Morgan fingerprint density at radius 2 is 2.05 bits per heavy atom. The lowest BCUT2D eigenvalue weighted by Crippen LogP contribution is -2.39. The van der Waals surface area contributed by atoms with Gasteiger partial charge in [0, 0.05) is 34.9 Å². The molecule has 0 fully saturated rings. The van der Waals surface area contributed by atoms with Gasteiger partial charge in [-0.25, -0.2) is 14.1 Å². The summed E-state index contributed by atoms with van der Waals surface area (Å²) >= 11 is 6.58. The molecule has 2 aromatic heterocycles. The number of hydrogen-bond acceptors (Lipinski definition) is 8. The fourth-order valence-electron chi connectivity index (χ4n) is 4.27. The number of guanidine groups is 1. The third-order valence-electron chi connectivity index (χ3n) is 6.29. The molecule has 2 aromatic carbocycles. The van der Waals surface area contributed by atoms with Gasteiger partial charge in [0.05, 0.1) is 11.8 Å². The van der Waals surface area contributed by atoms with E-state index in [1.807, 2.05) is 13.0 Å². The molecule has 1 aliphatic heterocycles. The molecule has 10 nitrogen and oxygen atoms in total. The largest absolute Gasteiger partial charge is 0.421 e. The minimum Gasteiger partial charge on any atom is -0.421 e. The van der Waals surface area contributed by atoms with Crippen molar-refractivity contribution in [2.45, 2.75) is 39.9 Å². The van der Waals surface area contributed by atoms with E-state index in [2.05, 4.69) is 31.0 Å². The fraction of sp³-hybridized carbons (Fsp3) is 0.231. The number of carbonyl (C=O) groups is 1. The number of anilines is 2. The van der Waals surface area contributed by atoms with Gasteiger partial charge in [-0.05, 0) is 44.5 Å². The van der Waals surface area contributed by atoms with Gasteiger partial charge in [0.25, 0.3) is 5.91 Å². The number of nitrogens with zero attached hydrogens (tertiary/aromatic N) is 4. The summed E-state index contributed by atoms with van der Waals surface area (Å²) in [6.45, 7) is 5.68. The molecule has 0 aliphatic carbocycles. The molecule has 0 saturated heterocycles. The molecule has 1 unspecified atom stereocenters. The lowest BCUT2D eigenvalue weighted by atomic mass is 9.95. The Balaban J connectivity index is 1.46. The summed E-state index contributed by atoms with van der Waals surface area (Å²) in [5, 5.41) is 13.1. The number of fused-ring (bicyclic) bond motifs is 1. The fourth-order valence-corrected chi connectivity index (χ4v) is 4.61. The molecule has 1 atom stereocenters. The first-order chi connectivity index (χ1) is 18.7. The van der Waals surface area contributed by atoms with E-state index in [1.165, 1.54) is 23.0 Å². The summed E-state index contributed by atoms with van der Waals surface area (Å²) in [4.78, 5) is 22.4. The predicted octanol–water partition coefficient (Wildman–Crippen LogP) is 4.57. The van der Waals surface area contributed by atoms with Crippen LogP contribution >= 0.6 is 11.6 Å². The summed E-state index contributed by atoms with van der Waals surface area (Å²) in [5.74, 6) is -1.37. The lowest BCUT2D eigenvalue weighted by Gasteiger charge is -2.27. The third-order valence-corrected chi connectivity index (χ3v) is 6.62. The standard InChI is InChI=1S/C26H25ClF2N8O2/c1-4-37-23(29)14(11-32-37)10-31-24(38)19-13(3)33-25(35-21(19)15-6-5-12(2)9-16(15)27)36-26-34-18-8-7-17(28)20(30)22(18)39-26/h5-9,11,21H,4,10,30H2,1-3H3,(H,31,38)(H2,33,34,35,36). The van der Waals surface area contributed by atoms with E-state index in [1.54, 1.807) is 26.0 Å². The Hall–Kier alpha value is -4.45. The van der Waals surface area contributed by atoms with Crippen molar-refractivity contribution in [2.24, 2.45) is 4.99 Å². The van der Waals surface area contributed by atoms with Crippen molar-refractivity contribution in [1.82, 2.24) is 25.4 Å². The number of oxazole rings is 1. The first kappa shape index (κ1) is 26.2. The number of carbonyl (C=O) groups excluding carboxylic acids is 1. The highest BCUT2D eigenvalue weighted by Gasteiger charge is 2.31. The van der Waals surface area contributed by atoms with Crippen molar-refractivity contribution in [3.63, 3.8) is 0 Å². The maximum absolute atomic E-state index is 14.5. The number of nitrogen functional groups attached to an aromatic ring is 1. The van der Waals surface area contributed by atoms with Crippen LogP contribution in [0.1, 0.15) is 36.6 Å². The van der Waals surface area contributed by atoms with Gasteiger partial charge >= 0.3 is 6.01 Å². The minimum atomic E-state index is -0.822. The number of aromatic nitrogens is 3. The van der Waals surface area contributed by atoms with Crippen LogP contribution in [0.4, 0.5) is 20.5 Å². The molecule has 202 valence electrons. The van der Waals surface area contributed by atoms with Crippen molar-refractivity contribution in [3.8, 4) is 0 Å². The van der Waals surface area contributed by atoms with Crippen LogP contribution < -0.4 is 21.7 Å². The van der Waals surface area contributed by atoms with Gasteiger partial charge in [-0.2, -0.15) is 14.5 Å². The first-order valence-corrected chi connectivity index (χ1v) is 12.5. The van der Waals surface area contributed by atoms with Gasteiger partial charge in [0.2, 0.25) is 11.9 Å². The molecule has 0 radical (unpaired) electrons. The van der Waals surface area contributed by atoms with E-state index < -0.39 is 23.7 Å². The van der Waals surface area contributed by atoms with Crippen LogP contribution in [0.5, 0.6) is 0 Å². The van der Waals surface area contributed by atoms with Gasteiger partial charge in [-0.1, -0.05) is 23.7 Å². The number of halogens is 3. The quantitative estimate of drug-likeness (QED) is 0.256. The summed E-state index contributed by atoms with van der Waals surface area (Å²) < 4.78 is 35.1. The smallest absolute Gasteiger partial charge is 0.302 e. The van der Waals surface area contributed by atoms with Crippen LogP contribution in [-0.4, -0.2) is 26.6 Å². The molecule has 1 aliphatic rings. The normalized spacial score (nSPS) is 15.3. The Labute approximate surface area is 226 Å². The van der Waals surface area contributed by atoms with Gasteiger partial charge in [0.1, 0.15) is 23.1 Å². The monoisotopic (exact) mass is 554 g/mol. The number of allylic oxidation sites excluding steroid dienone is 1. The first-order valence-electron chi connectivity index (χ1n) is 12.1. The number of benzene rings is 2. The zero-order valence-electron chi connectivity index (χ0n) is 21.3. The van der Waals surface area contributed by atoms with Gasteiger partial charge in [0.15, 0.2) is 5.58 Å². The highest BCUT2D eigenvalue weighted by atomic mass is 35.5. The molecule has 39 heavy (non-hydrogen) atoms. The summed E-state index contributed by atoms with van der Waals surface area (Å²) in [7, 11) is 0. The van der Waals surface area contributed by atoms with E-state index in [4.69, 9.17) is 21.8 Å². The Morgan fingerprint density at radius 1 is 1.26 bits per heavy atom. The number of nitrogens with two attached hydrogens (primary N) is 1. The highest BCUT2D eigenvalue weighted by molar-refractivity contribution is 6.31. The number of amides is 1. The molecule has 13 heteroatoms. The van der Waals surface area contributed by atoms with Crippen LogP contribution in [0.2, 0.25) is 5.02 Å². The van der Waals surface area contributed by atoms with Crippen LogP contribution in [0, 0.1) is 18.7 Å². The third kappa shape index (κ3) is 5.02. The van der Waals surface area contributed by atoms with Crippen molar-refractivity contribution in [2.75, 3.05) is 11.1 Å². The second-order valence-corrected chi connectivity index (χ2v) is 9.39. The summed E-state index contributed by atoms with van der Waals surface area (Å²) in [5.41, 5.74) is 8.61. The molecule has 0 spiro atoms. The summed E-state index contributed by atoms with van der Waals surface area (Å²) in [6.07, 6.45) is 1.38. The van der Waals surface area contributed by atoms with Crippen molar-refractivity contribution >= 4 is 46.3 Å². The Bertz CT molecular complexity index is 1660. The molecule has 3 heterocycles. The van der Waals surface area contributed by atoms with Crippen LogP contribution in [0.3, 0.4) is 0 Å². The van der Waals surface area contributed by atoms with Crippen LogP contribution in [0.25, 0.3) is 11.1 Å². The molecule has 5 rings (SSSR count). The van der Waals surface area contributed by atoms with Crippen molar-refractivity contribution in [3.05, 3.63) is 81.3 Å². The Kier molecular flexibility index (Phi) is 6.96. The van der Waals surface area contributed by atoms with Crippen molar-refractivity contribution < 1.29 is 18.0 Å². The second kappa shape index (κ2) is 10.4. The van der Waals surface area contributed by atoms with Crippen LogP contribution in [0.15, 0.2) is 57.2 Å². The summed E-state index contributed by atoms with van der Waals surface area (Å²) in [6, 6.07) is 7.28. The molecule has 0 bridgehead atoms. The zero-order valence-corrected chi connectivity index (χ0v) is 22.0. The number of rotatable bonds is 6. The Morgan fingerprint density at radius 3 is 2.77 bits per heavy atom. The number of aliphatic imine (C=N–C) groups is 1. The van der Waals surface area contributed by atoms with Gasteiger partial charge in [-0.15, -0.1) is 0 Å². The lowest BCUT2D eigenvalue weighted by molar-refractivity contribution is -0.118. The maximum Gasteiger partial charge on any atom is 0.302 e. The second-order valence-electron chi connectivity index (χ2n) is 8.98. The van der Waals surface area contributed by atoms with Crippen molar-refractivity contribution in [1.29, 1.82) is 0 Å². The SMILES string of the molecule is CCn1ncc(CNC(=O)C2=C(C)NC(Nc3nc4ccc(F)c(N)c4o3)=NC2c2ccc(C)cc2Cl)c1F. The number of aryl methyl sites for hydroxylation is 2. The van der Waals surface area contributed by atoms with E-state index in [0.29, 0.717) is 33.9 Å². The maximum atomic E-state index is 14.5. The molecular formula is C26H25ClF2N8O2. The molecule has 4 aromatic rings. The topological polar surface area (TPSA) is 135 Å². The number of nitrogens with one attached hydrogen (secondary N) is 3. The van der Waals surface area contributed by atoms with E-state index in [9.17, 15) is 13.6 Å². The highest BCUT2D eigenvalue weighted by Crippen LogP contribution is 2.36. The average Bonchev–Trinajstić information content (AvgIpc) is 3.47. The van der Waals surface area contributed by atoms with Gasteiger partial charge in [-0.3, -0.25) is 10.1 Å². The van der Waals surface area contributed by atoms with Gasteiger partial charge < -0.3 is 20.8 Å². The number of hydrogen-bond donors (Lipinski definition) is 4. The average molecular weight is 555 g/mol. The molecule has 0 saturated carbocycles. The molecule has 1 amide bonds. The minimum absolute atomic E-state index is 0.0198. The van der Waals surface area contributed by atoms with E-state index in [0.717, 1.165) is 5.56 Å². The van der Waals surface area contributed by atoms with Crippen LogP contribution in [-0.2, 0) is 17.9 Å². The van der Waals surface area contributed by atoms with E-state index >= 15 is 0 Å². The molecular weight excluding hydrogens is 530 g/mol. The van der Waals surface area contributed by atoms with E-state index in [-0.39, 0.29) is 35.4 Å². The molecule has 5 N–H and O–H groups in total.